The second kappa shape index (κ2) is 6.26. The minimum absolute atomic E-state index is 0.0754. The van der Waals surface area contributed by atoms with E-state index in [2.05, 4.69) is 10.3 Å². The third-order valence-corrected chi connectivity index (χ3v) is 4.30. The summed E-state index contributed by atoms with van der Waals surface area (Å²) in [6, 6.07) is 9.83. The van der Waals surface area contributed by atoms with Gasteiger partial charge in [-0.25, -0.2) is 4.98 Å². The highest BCUT2D eigenvalue weighted by atomic mass is 19.4. The highest BCUT2D eigenvalue weighted by molar-refractivity contribution is 5.95. The molecule has 24 heavy (non-hydrogen) atoms. The number of hydrogen-bond donors (Lipinski definition) is 1. The van der Waals surface area contributed by atoms with Gasteiger partial charge < -0.3 is 5.32 Å². The monoisotopic (exact) mass is 334 g/mol. The average Bonchev–Trinajstić information content (AvgIpc) is 2.54. The SMILES string of the molecule is Cc1nc(C(F)(F)F)ccc1C(=O)N[C@@H]1CCCc2ccccc21. The first-order chi connectivity index (χ1) is 11.4. The minimum Gasteiger partial charge on any atom is -0.345 e. The van der Waals surface area contributed by atoms with Crippen LogP contribution in [0.5, 0.6) is 0 Å². The molecule has 2 aromatic rings. The van der Waals surface area contributed by atoms with Crippen molar-refractivity contribution in [3.05, 3.63) is 64.5 Å². The number of hydrogen-bond acceptors (Lipinski definition) is 2. The molecule has 0 aliphatic heterocycles. The molecule has 0 saturated heterocycles. The predicted molar refractivity (Wildman–Crippen MR) is 83.6 cm³/mol. The molecule has 1 heterocycles. The molecule has 0 saturated carbocycles. The molecule has 0 radical (unpaired) electrons. The molecule has 1 aliphatic rings. The lowest BCUT2D eigenvalue weighted by atomic mass is 9.87. The van der Waals surface area contributed by atoms with Crippen LogP contribution >= 0.6 is 0 Å². The number of pyridine rings is 1. The summed E-state index contributed by atoms with van der Waals surface area (Å²) in [4.78, 5) is 16.0. The van der Waals surface area contributed by atoms with E-state index >= 15 is 0 Å². The van der Waals surface area contributed by atoms with Crippen LogP contribution in [0, 0.1) is 6.92 Å². The maximum absolute atomic E-state index is 12.7. The second-order valence-corrected chi connectivity index (χ2v) is 5.94. The lowest BCUT2D eigenvalue weighted by Crippen LogP contribution is -2.31. The Hall–Kier alpha value is -2.37. The van der Waals surface area contributed by atoms with Crippen molar-refractivity contribution >= 4 is 5.91 Å². The average molecular weight is 334 g/mol. The molecule has 0 spiro atoms. The predicted octanol–water partition coefficient (Wildman–Crippen LogP) is 4.22. The zero-order valence-corrected chi connectivity index (χ0v) is 13.2. The molecule has 1 aliphatic carbocycles. The van der Waals surface area contributed by atoms with Gasteiger partial charge in [-0.1, -0.05) is 24.3 Å². The summed E-state index contributed by atoms with van der Waals surface area (Å²) in [6.45, 7) is 1.42. The van der Waals surface area contributed by atoms with Crippen molar-refractivity contribution in [1.82, 2.24) is 10.3 Å². The lowest BCUT2D eigenvalue weighted by molar-refractivity contribution is -0.141. The number of carbonyl (C=O) groups is 1. The van der Waals surface area contributed by atoms with Crippen LogP contribution in [0.25, 0.3) is 0 Å². The Kier molecular flexibility index (Phi) is 4.30. The van der Waals surface area contributed by atoms with E-state index in [0.717, 1.165) is 30.9 Å². The first-order valence-electron chi connectivity index (χ1n) is 7.80. The number of carbonyl (C=O) groups excluding carboxylic acids is 1. The van der Waals surface area contributed by atoms with Gasteiger partial charge in [0.25, 0.3) is 5.91 Å². The van der Waals surface area contributed by atoms with E-state index in [0.29, 0.717) is 0 Å². The molecule has 0 unspecified atom stereocenters. The number of nitrogens with zero attached hydrogens (tertiary/aromatic N) is 1. The van der Waals surface area contributed by atoms with Crippen LogP contribution in [0.15, 0.2) is 36.4 Å². The van der Waals surface area contributed by atoms with Gasteiger partial charge in [-0.2, -0.15) is 13.2 Å². The first-order valence-corrected chi connectivity index (χ1v) is 7.80. The van der Waals surface area contributed by atoms with Crippen molar-refractivity contribution in [2.24, 2.45) is 0 Å². The molecule has 0 bridgehead atoms. The summed E-state index contributed by atoms with van der Waals surface area (Å²) in [5.41, 5.74) is 1.54. The number of benzene rings is 1. The van der Waals surface area contributed by atoms with Crippen molar-refractivity contribution < 1.29 is 18.0 Å². The Morgan fingerprint density at radius 1 is 1.21 bits per heavy atom. The number of rotatable bonds is 2. The van der Waals surface area contributed by atoms with Crippen molar-refractivity contribution in [2.45, 2.75) is 38.4 Å². The summed E-state index contributed by atoms with van der Waals surface area (Å²) in [6.07, 6.45) is -1.76. The molecule has 1 amide bonds. The number of halogens is 3. The molecule has 6 heteroatoms. The van der Waals surface area contributed by atoms with Crippen molar-refractivity contribution in [3.8, 4) is 0 Å². The van der Waals surface area contributed by atoms with E-state index in [1.165, 1.54) is 18.6 Å². The van der Waals surface area contributed by atoms with Crippen LogP contribution in [0.4, 0.5) is 13.2 Å². The van der Waals surface area contributed by atoms with E-state index in [-0.39, 0.29) is 17.3 Å². The summed E-state index contributed by atoms with van der Waals surface area (Å²) < 4.78 is 38.0. The fraction of sp³-hybridized carbons (Fsp3) is 0.333. The number of fused-ring (bicyclic) bond motifs is 1. The Morgan fingerprint density at radius 3 is 2.67 bits per heavy atom. The van der Waals surface area contributed by atoms with Crippen molar-refractivity contribution in [3.63, 3.8) is 0 Å². The third-order valence-electron chi connectivity index (χ3n) is 4.30. The number of amides is 1. The highest BCUT2D eigenvalue weighted by Gasteiger charge is 2.33. The van der Waals surface area contributed by atoms with Crippen molar-refractivity contribution in [1.29, 1.82) is 0 Å². The quantitative estimate of drug-likeness (QED) is 0.894. The summed E-state index contributed by atoms with van der Waals surface area (Å²) >= 11 is 0. The van der Waals surface area contributed by atoms with E-state index in [1.807, 2.05) is 24.3 Å². The molecule has 1 aromatic heterocycles. The van der Waals surface area contributed by atoms with Gasteiger partial charge in [0.1, 0.15) is 5.69 Å². The maximum atomic E-state index is 12.7. The molecule has 1 N–H and O–H groups in total. The number of alkyl halides is 3. The van der Waals surface area contributed by atoms with E-state index in [1.54, 1.807) is 0 Å². The maximum Gasteiger partial charge on any atom is 0.433 e. The van der Waals surface area contributed by atoms with Crippen LogP contribution in [0.3, 0.4) is 0 Å². The Labute approximate surface area is 137 Å². The molecular formula is C18H17F3N2O. The van der Waals surface area contributed by atoms with Crippen LogP contribution < -0.4 is 5.32 Å². The van der Waals surface area contributed by atoms with Gasteiger partial charge in [0.05, 0.1) is 17.3 Å². The minimum atomic E-state index is -4.51. The van der Waals surface area contributed by atoms with E-state index in [9.17, 15) is 18.0 Å². The Balaban J connectivity index is 1.82. The van der Waals surface area contributed by atoms with Gasteiger partial charge in [0.15, 0.2) is 0 Å². The molecule has 0 fully saturated rings. The van der Waals surface area contributed by atoms with Gasteiger partial charge in [-0.15, -0.1) is 0 Å². The zero-order chi connectivity index (χ0) is 17.3. The van der Waals surface area contributed by atoms with Gasteiger partial charge in [-0.3, -0.25) is 4.79 Å². The smallest absolute Gasteiger partial charge is 0.345 e. The lowest BCUT2D eigenvalue weighted by Gasteiger charge is -2.26. The van der Waals surface area contributed by atoms with Gasteiger partial charge >= 0.3 is 6.18 Å². The number of nitrogens with one attached hydrogen (secondary N) is 1. The topological polar surface area (TPSA) is 42.0 Å². The largest absolute Gasteiger partial charge is 0.433 e. The van der Waals surface area contributed by atoms with Crippen LogP contribution in [0.2, 0.25) is 0 Å². The third kappa shape index (κ3) is 3.27. The van der Waals surface area contributed by atoms with Crippen LogP contribution in [-0.2, 0) is 12.6 Å². The van der Waals surface area contributed by atoms with Gasteiger partial charge in [0.2, 0.25) is 0 Å². The summed E-state index contributed by atoms with van der Waals surface area (Å²) in [5.74, 6) is -0.393. The standard InChI is InChI=1S/C18H17F3N2O/c1-11-13(9-10-16(22-11)18(19,20)21)17(24)23-15-8-4-6-12-5-2-3-7-14(12)15/h2-3,5,7,9-10,15H,4,6,8H2,1H3,(H,23,24)/t15-/m1/s1. The summed E-state index contributed by atoms with van der Waals surface area (Å²) in [7, 11) is 0. The van der Waals surface area contributed by atoms with E-state index < -0.39 is 17.8 Å². The molecular weight excluding hydrogens is 317 g/mol. The molecule has 126 valence electrons. The summed E-state index contributed by atoms with van der Waals surface area (Å²) in [5, 5.41) is 2.93. The fourth-order valence-electron chi connectivity index (χ4n) is 3.10. The molecule has 1 atom stereocenters. The number of aromatic nitrogens is 1. The van der Waals surface area contributed by atoms with Crippen LogP contribution in [-0.4, -0.2) is 10.9 Å². The van der Waals surface area contributed by atoms with Gasteiger partial charge in [0, 0.05) is 0 Å². The Bertz CT molecular complexity index is 771. The fourth-order valence-corrected chi connectivity index (χ4v) is 3.10. The van der Waals surface area contributed by atoms with Crippen molar-refractivity contribution in [2.75, 3.05) is 0 Å². The zero-order valence-electron chi connectivity index (χ0n) is 13.2. The normalized spacial score (nSPS) is 17.2. The number of aryl methyl sites for hydroxylation is 2. The molecule has 3 rings (SSSR count). The van der Waals surface area contributed by atoms with Gasteiger partial charge in [-0.05, 0) is 49.4 Å². The molecule has 3 nitrogen and oxygen atoms in total. The second-order valence-electron chi connectivity index (χ2n) is 5.94. The first kappa shape index (κ1) is 16.5. The Morgan fingerprint density at radius 2 is 1.96 bits per heavy atom. The van der Waals surface area contributed by atoms with Crippen LogP contribution in [0.1, 0.15) is 51.8 Å². The van der Waals surface area contributed by atoms with E-state index in [4.69, 9.17) is 0 Å². The molecule has 1 aromatic carbocycles. The highest BCUT2D eigenvalue weighted by Crippen LogP contribution is 2.30.